The molecule has 1 atom stereocenters. The molecule has 0 aromatic heterocycles. The summed E-state index contributed by atoms with van der Waals surface area (Å²) in [5, 5.41) is 0. The molecule has 0 spiro atoms. The summed E-state index contributed by atoms with van der Waals surface area (Å²) in [7, 11) is -6.27. The predicted molar refractivity (Wildman–Crippen MR) is 76.6 cm³/mol. The second-order valence-electron chi connectivity index (χ2n) is 5.95. The molecule has 0 saturated carbocycles. The van der Waals surface area contributed by atoms with Crippen molar-refractivity contribution in [2.24, 2.45) is 5.92 Å². The second-order valence-corrected chi connectivity index (χ2v) is 11.8. The minimum Gasteiger partial charge on any atom is -0.264 e. The van der Waals surface area contributed by atoms with Crippen LogP contribution in [-0.4, -0.2) is 33.6 Å². The molecule has 0 bridgehead atoms. The lowest BCUT2D eigenvalue weighted by Gasteiger charge is -2.17. The average molecular weight is 328 g/mol. The van der Waals surface area contributed by atoms with Crippen molar-refractivity contribution in [1.29, 1.82) is 0 Å². The zero-order valence-corrected chi connectivity index (χ0v) is 14.1. The van der Waals surface area contributed by atoms with E-state index in [2.05, 4.69) is 35.3 Å². The molecule has 0 saturated heterocycles. The van der Waals surface area contributed by atoms with Gasteiger partial charge in [0, 0.05) is 12.8 Å². The average Bonchev–Trinajstić information content (AvgIpc) is 2.21. The van der Waals surface area contributed by atoms with E-state index in [4.69, 9.17) is 4.55 Å². The molecule has 0 heterocycles. The Morgan fingerprint density at radius 1 is 1.35 bits per heavy atom. The largest absolute Gasteiger partial charge is 0.397 e. The number of hydrogen-bond donors (Lipinski definition) is 1. The highest BCUT2D eigenvalue weighted by atomic mass is 32.3. The maximum atomic E-state index is 13.3. The van der Waals surface area contributed by atoms with E-state index in [1.54, 1.807) is 0 Å². The van der Waals surface area contributed by atoms with Crippen LogP contribution in [0.2, 0.25) is 19.6 Å². The Bertz CT molecular complexity index is 460. The first-order valence-electron chi connectivity index (χ1n) is 6.30. The third kappa shape index (κ3) is 12.5. The van der Waals surface area contributed by atoms with E-state index in [-0.39, 0.29) is 12.3 Å². The van der Waals surface area contributed by atoms with Crippen LogP contribution >= 0.6 is 0 Å². The SMILES string of the molecule is C[C@H](CC#C[Si](C)(C)C)CCC(F)(F)COS(=O)(=O)O. The second kappa shape index (κ2) is 7.50. The third-order valence-corrected chi connectivity index (χ3v) is 3.68. The lowest BCUT2D eigenvalue weighted by atomic mass is 10.00. The van der Waals surface area contributed by atoms with Gasteiger partial charge in [-0.1, -0.05) is 26.6 Å². The molecule has 4 nitrogen and oxygen atoms in total. The van der Waals surface area contributed by atoms with Crippen LogP contribution in [0.3, 0.4) is 0 Å². The molecule has 0 fully saturated rings. The van der Waals surface area contributed by atoms with Crippen molar-refractivity contribution in [3.63, 3.8) is 0 Å². The Morgan fingerprint density at radius 2 is 1.90 bits per heavy atom. The number of hydrogen-bond acceptors (Lipinski definition) is 3. The molecule has 0 aliphatic heterocycles. The zero-order chi connectivity index (χ0) is 16.0. The first kappa shape index (κ1) is 19.5. The summed E-state index contributed by atoms with van der Waals surface area (Å²) in [5.41, 5.74) is 3.16. The van der Waals surface area contributed by atoms with Crippen molar-refractivity contribution in [3.8, 4) is 11.5 Å². The summed E-state index contributed by atoms with van der Waals surface area (Å²) >= 11 is 0. The van der Waals surface area contributed by atoms with Crippen molar-refractivity contribution in [1.82, 2.24) is 0 Å². The third-order valence-electron chi connectivity index (χ3n) is 2.34. The van der Waals surface area contributed by atoms with Gasteiger partial charge in [-0.05, 0) is 12.3 Å². The molecule has 8 heteroatoms. The summed E-state index contributed by atoms with van der Waals surface area (Å²) < 4.78 is 59.0. The van der Waals surface area contributed by atoms with Gasteiger partial charge < -0.3 is 0 Å². The Hall–Kier alpha value is -0.493. The Labute approximate surface area is 120 Å². The van der Waals surface area contributed by atoms with Crippen LogP contribution in [0.1, 0.15) is 26.2 Å². The molecule has 0 aromatic rings. The highest BCUT2D eigenvalue weighted by Gasteiger charge is 2.31. The van der Waals surface area contributed by atoms with Gasteiger partial charge in [0.1, 0.15) is 14.7 Å². The minimum atomic E-state index is -4.82. The van der Waals surface area contributed by atoms with Crippen molar-refractivity contribution in [3.05, 3.63) is 0 Å². The summed E-state index contributed by atoms with van der Waals surface area (Å²) in [5.74, 6) is -0.268. The van der Waals surface area contributed by atoms with Crippen molar-refractivity contribution in [2.75, 3.05) is 6.61 Å². The molecular formula is C12H22F2O4SSi. The van der Waals surface area contributed by atoms with Crippen molar-refractivity contribution < 1.29 is 25.9 Å². The van der Waals surface area contributed by atoms with Crippen molar-refractivity contribution in [2.45, 2.75) is 51.7 Å². The van der Waals surface area contributed by atoms with E-state index in [0.29, 0.717) is 6.42 Å². The first-order chi connectivity index (χ1) is 8.81. The lowest BCUT2D eigenvalue weighted by molar-refractivity contribution is -0.0524. The standard InChI is InChI=1S/C12H22F2O4SSi/c1-11(6-5-9-20(2,3)4)7-8-12(13,14)10-18-19(15,16)17/h11H,6-8,10H2,1-4H3,(H,15,16,17)/t11-/m1/s1. The molecule has 0 radical (unpaired) electrons. The Balaban J connectivity index is 4.15. The quantitative estimate of drug-likeness (QED) is 0.443. The highest BCUT2D eigenvalue weighted by Crippen LogP contribution is 2.24. The van der Waals surface area contributed by atoms with Gasteiger partial charge in [-0.15, -0.1) is 11.5 Å². The maximum Gasteiger partial charge on any atom is 0.397 e. The molecule has 1 N–H and O–H groups in total. The molecule has 0 aliphatic rings. The van der Waals surface area contributed by atoms with Crippen LogP contribution in [0, 0.1) is 17.4 Å². The molecule has 20 heavy (non-hydrogen) atoms. The fourth-order valence-electron chi connectivity index (χ4n) is 1.28. The number of alkyl halides is 2. The first-order valence-corrected chi connectivity index (χ1v) is 11.2. The summed E-state index contributed by atoms with van der Waals surface area (Å²) in [6, 6.07) is 0. The molecule has 118 valence electrons. The summed E-state index contributed by atoms with van der Waals surface area (Å²) in [4.78, 5) is 0. The van der Waals surface area contributed by atoms with E-state index in [1.807, 2.05) is 6.92 Å². The predicted octanol–water partition coefficient (Wildman–Crippen LogP) is 3.13. The fraction of sp³-hybridized carbons (Fsp3) is 0.833. The molecule has 0 amide bonds. The lowest BCUT2D eigenvalue weighted by Crippen LogP contribution is -2.26. The van der Waals surface area contributed by atoms with E-state index in [9.17, 15) is 17.2 Å². The van der Waals surface area contributed by atoms with E-state index < -0.39 is 37.4 Å². The zero-order valence-electron chi connectivity index (χ0n) is 12.2. The number of rotatable bonds is 7. The van der Waals surface area contributed by atoms with E-state index in [0.717, 1.165) is 0 Å². The van der Waals surface area contributed by atoms with Gasteiger partial charge in [-0.2, -0.15) is 8.42 Å². The van der Waals surface area contributed by atoms with Gasteiger partial charge in [-0.25, -0.2) is 13.0 Å². The topological polar surface area (TPSA) is 63.6 Å². The summed E-state index contributed by atoms with van der Waals surface area (Å²) in [6.45, 7) is 6.79. The van der Waals surface area contributed by atoms with Gasteiger partial charge in [0.05, 0.1) is 0 Å². The molecule has 0 unspecified atom stereocenters. The van der Waals surface area contributed by atoms with Gasteiger partial charge in [0.2, 0.25) is 0 Å². The van der Waals surface area contributed by atoms with Crippen LogP contribution in [0.4, 0.5) is 8.78 Å². The van der Waals surface area contributed by atoms with Crippen LogP contribution < -0.4 is 0 Å². The minimum absolute atomic E-state index is 0.00420. The Kier molecular flexibility index (Phi) is 7.31. The van der Waals surface area contributed by atoms with Crippen LogP contribution in [0.25, 0.3) is 0 Å². The molecule has 0 aliphatic carbocycles. The van der Waals surface area contributed by atoms with Crippen LogP contribution in [0.15, 0.2) is 0 Å². The molecular weight excluding hydrogens is 306 g/mol. The van der Waals surface area contributed by atoms with Crippen LogP contribution in [0.5, 0.6) is 0 Å². The normalized spacial score (nSPS) is 14.6. The van der Waals surface area contributed by atoms with E-state index in [1.165, 1.54) is 0 Å². The van der Waals surface area contributed by atoms with Crippen LogP contribution in [-0.2, 0) is 14.6 Å². The number of halogens is 2. The fourth-order valence-corrected chi connectivity index (χ4v) is 2.24. The molecule has 0 rings (SSSR count). The summed E-state index contributed by atoms with van der Waals surface area (Å²) in [6.07, 6.45) is 0.250. The Morgan fingerprint density at radius 3 is 2.35 bits per heavy atom. The van der Waals surface area contributed by atoms with Gasteiger partial charge in [0.25, 0.3) is 5.92 Å². The smallest absolute Gasteiger partial charge is 0.264 e. The van der Waals surface area contributed by atoms with Gasteiger partial charge in [0.15, 0.2) is 0 Å². The van der Waals surface area contributed by atoms with Gasteiger partial charge >= 0.3 is 10.4 Å². The van der Waals surface area contributed by atoms with Crippen molar-refractivity contribution >= 4 is 18.5 Å². The van der Waals surface area contributed by atoms with Gasteiger partial charge in [-0.3, -0.25) is 4.55 Å². The van der Waals surface area contributed by atoms with E-state index >= 15 is 0 Å². The highest BCUT2D eigenvalue weighted by molar-refractivity contribution is 7.80. The maximum absolute atomic E-state index is 13.3. The monoisotopic (exact) mass is 328 g/mol. The molecule has 0 aromatic carbocycles.